The van der Waals surface area contributed by atoms with Gasteiger partial charge in [0.25, 0.3) is 0 Å². The lowest BCUT2D eigenvalue weighted by molar-refractivity contribution is 0.104. The molecule has 1 aromatic heterocycles. The molecule has 3 aromatic carbocycles. The van der Waals surface area contributed by atoms with Crippen molar-refractivity contribution >= 4 is 35.1 Å². The van der Waals surface area contributed by atoms with Crippen LogP contribution in [0.25, 0.3) is 17.3 Å². The van der Waals surface area contributed by atoms with E-state index in [4.69, 9.17) is 32.5 Å². The lowest BCUT2D eigenvalue weighted by atomic mass is 10.1. The quantitative estimate of drug-likeness (QED) is 0.222. The summed E-state index contributed by atoms with van der Waals surface area (Å²) in [7, 11) is 0. The second kappa shape index (κ2) is 9.65. The highest BCUT2D eigenvalue weighted by Crippen LogP contribution is 2.27. The van der Waals surface area contributed by atoms with E-state index < -0.39 is 0 Å². The molecule has 0 unspecified atom stereocenters. The van der Waals surface area contributed by atoms with E-state index in [-0.39, 0.29) is 12.4 Å². The van der Waals surface area contributed by atoms with E-state index in [0.29, 0.717) is 32.8 Å². The predicted octanol–water partition coefficient (Wildman–Crippen LogP) is 7.12. The van der Waals surface area contributed by atoms with Crippen LogP contribution in [0.5, 0.6) is 5.75 Å². The molecule has 1 heterocycles. The zero-order chi connectivity index (χ0) is 21.6. The van der Waals surface area contributed by atoms with Crippen molar-refractivity contribution in [1.29, 1.82) is 0 Å². The number of ketones is 1. The Morgan fingerprint density at radius 2 is 1.65 bits per heavy atom. The van der Waals surface area contributed by atoms with Crippen molar-refractivity contribution < 1.29 is 14.1 Å². The minimum atomic E-state index is -0.0736. The van der Waals surface area contributed by atoms with Crippen LogP contribution in [0.1, 0.15) is 21.7 Å². The maximum atomic E-state index is 12.3. The van der Waals surface area contributed by atoms with Gasteiger partial charge in [-0.05, 0) is 54.1 Å². The van der Waals surface area contributed by atoms with Gasteiger partial charge in [0.2, 0.25) is 0 Å². The molecule has 0 N–H and O–H groups in total. The molecule has 0 aliphatic carbocycles. The van der Waals surface area contributed by atoms with E-state index in [0.717, 1.165) is 11.1 Å². The Labute approximate surface area is 189 Å². The highest BCUT2D eigenvalue weighted by molar-refractivity contribution is 6.35. The zero-order valence-electron chi connectivity index (χ0n) is 16.3. The molecule has 0 radical (unpaired) electrons. The summed E-state index contributed by atoms with van der Waals surface area (Å²) in [5.74, 6) is 1.10. The maximum absolute atomic E-state index is 12.3. The van der Waals surface area contributed by atoms with Crippen LogP contribution in [0.15, 0.2) is 89.5 Å². The molecule has 0 bridgehead atoms. The number of hydrogen-bond acceptors (Lipinski definition) is 4. The first kappa shape index (κ1) is 20.9. The van der Waals surface area contributed by atoms with Crippen LogP contribution < -0.4 is 4.74 Å². The fraction of sp³-hybridized carbons (Fsp3) is 0.0400. The van der Waals surface area contributed by atoms with Crippen LogP contribution in [0, 0.1) is 0 Å². The number of ether oxygens (including phenoxy) is 1. The average Bonchev–Trinajstić information content (AvgIpc) is 3.26. The van der Waals surface area contributed by atoms with Crippen molar-refractivity contribution in [1.82, 2.24) is 5.16 Å². The molecule has 154 valence electrons. The number of nitrogens with zero attached hydrogens (tertiary/aromatic N) is 1. The minimum Gasteiger partial charge on any atom is -0.486 e. The van der Waals surface area contributed by atoms with Gasteiger partial charge in [0.1, 0.15) is 18.1 Å². The highest BCUT2D eigenvalue weighted by atomic mass is 35.5. The largest absolute Gasteiger partial charge is 0.486 e. The third kappa shape index (κ3) is 5.63. The molecule has 0 atom stereocenters. The maximum Gasteiger partial charge on any atom is 0.185 e. The van der Waals surface area contributed by atoms with E-state index in [1.54, 1.807) is 60.7 Å². The summed E-state index contributed by atoms with van der Waals surface area (Å²) in [6, 6.07) is 23.6. The molecule has 4 nitrogen and oxygen atoms in total. The molecule has 4 aromatic rings. The molecular formula is C25H17Cl2NO3. The lowest BCUT2D eigenvalue weighted by Gasteiger charge is -2.04. The van der Waals surface area contributed by atoms with Crippen LogP contribution >= 0.6 is 23.2 Å². The van der Waals surface area contributed by atoms with E-state index in [2.05, 4.69) is 5.16 Å². The first-order valence-electron chi connectivity index (χ1n) is 9.49. The molecule has 0 fully saturated rings. The minimum absolute atomic E-state index is 0.0736. The summed E-state index contributed by atoms with van der Waals surface area (Å²) < 4.78 is 11.1. The molecular weight excluding hydrogens is 433 g/mol. The number of hydrogen-bond donors (Lipinski definition) is 0. The Kier molecular flexibility index (Phi) is 6.51. The number of allylic oxidation sites excluding steroid dienone is 1. The Balaban J connectivity index is 1.36. The highest BCUT2D eigenvalue weighted by Gasteiger charge is 2.09. The van der Waals surface area contributed by atoms with Crippen LogP contribution in [0.4, 0.5) is 0 Å². The standard InChI is InChI=1S/C25H17Cl2NO3/c26-20-12-19(13-21(27)14-20)24-15-23(31-28-24)16-30-22-9-7-18(8-10-22)25(29)11-6-17-4-2-1-3-5-17/h1-15H,16H2. The van der Waals surface area contributed by atoms with Gasteiger partial charge in [-0.2, -0.15) is 0 Å². The van der Waals surface area contributed by atoms with Crippen molar-refractivity contribution in [2.75, 3.05) is 0 Å². The third-order valence-corrected chi connectivity index (χ3v) is 4.90. The normalized spacial score (nSPS) is 11.0. The smallest absolute Gasteiger partial charge is 0.185 e. The first-order chi connectivity index (χ1) is 15.1. The monoisotopic (exact) mass is 449 g/mol. The number of halogens is 2. The van der Waals surface area contributed by atoms with Gasteiger partial charge >= 0.3 is 0 Å². The average molecular weight is 450 g/mol. The van der Waals surface area contributed by atoms with Crippen LogP contribution in [-0.4, -0.2) is 10.9 Å². The van der Waals surface area contributed by atoms with Crippen molar-refractivity contribution in [2.24, 2.45) is 0 Å². The van der Waals surface area contributed by atoms with Gasteiger partial charge in [0.15, 0.2) is 11.5 Å². The molecule has 0 amide bonds. The summed E-state index contributed by atoms with van der Waals surface area (Å²) in [6.45, 7) is 0.197. The summed E-state index contributed by atoms with van der Waals surface area (Å²) in [5, 5.41) is 5.09. The van der Waals surface area contributed by atoms with Gasteiger partial charge in [-0.3, -0.25) is 4.79 Å². The van der Waals surface area contributed by atoms with E-state index in [9.17, 15) is 4.79 Å². The first-order valence-corrected chi connectivity index (χ1v) is 10.2. The molecule has 0 saturated heterocycles. The summed E-state index contributed by atoms with van der Waals surface area (Å²) in [5.41, 5.74) is 2.94. The number of carbonyl (C=O) groups is 1. The summed E-state index contributed by atoms with van der Waals surface area (Å²) in [4.78, 5) is 12.3. The Morgan fingerprint density at radius 1 is 0.935 bits per heavy atom. The van der Waals surface area contributed by atoms with Crippen LogP contribution in [0.2, 0.25) is 10.0 Å². The number of carbonyl (C=O) groups excluding carboxylic acids is 1. The second-order valence-electron chi connectivity index (χ2n) is 6.76. The van der Waals surface area contributed by atoms with Gasteiger partial charge in [0, 0.05) is 27.2 Å². The third-order valence-electron chi connectivity index (χ3n) is 4.46. The van der Waals surface area contributed by atoms with E-state index >= 15 is 0 Å². The molecule has 4 rings (SSSR count). The fourth-order valence-corrected chi connectivity index (χ4v) is 3.45. The Morgan fingerprint density at radius 3 is 2.35 bits per heavy atom. The van der Waals surface area contributed by atoms with Crippen molar-refractivity contribution in [3.63, 3.8) is 0 Å². The topological polar surface area (TPSA) is 52.3 Å². The molecule has 31 heavy (non-hydrogen) atoms. The van der Waals surface area contributed by atoms with E-state index in [1.165, 1.54) is 0 Å². The number of rotatable bonds is 7. The van der Waals surface area contributed by atoms with Gasteiger partial charge in [-0.25, -0.2) is 0 Å². The second-order valence-corrected chi connectivity index (χ2v) is 7.63. The molecule has 0 spiro atoms. The predicted molar refractivity (Wildman–Crippen MR) is 123 cm³/mol. The summed E-state index contributed by atoms with van der Waals surface area (Å²) >= 11 is 12.1. The molecule has 0 aliphatic rings. The molecule has 0 saturated carbocycles. The molecule has 0 aliphatic heterocycles. The van der Waals surface area contributed by atoms with Crippen LogP contribution in [-0.2, 0) is 6.61 Å². The van der Waals surface area contributed by atoms with Crippen molar-refractivity contribution in [2.45, 2.75) is 6.61 Å². The Hall–Kier alpha value is -3.34. The SMILES string of the molecule is O=C(C=Cc1ccccc1)c1ccc(OCc2cc(-c3cc(Cl)cc(Cl)c3)no2)cc1. The Bertz CT molecular complexity index is 1200. The van der Waals surface area contributed by atoms with Crippen molar-refractivity contribution in [3.8, 4) is 17.0 Å². The number of benzene rings is 3. The van der Waals surface area contributed by atoms with Gasteiger partial charge in [-0.15, -0.1) is 0 Å². The fourth-order valence-electron chi connectivity index (χ4n) is 2.92. The van der Waals surface area contributed by atoms with Gasteiger partial charge in [-0.1, -0.05) is 64.8 Å². The lowest BCUT2D eigenvalue weighted by Crippen LogP contribution is -1.96. The number of aromatic nitrogens is 1. The van der Waals surface area contributed by atoms with E-state index in [1.807, 2.05) is 30.3 Å². The van der Waals surface area contributed by atoms with Crippen LogP contribution in [0.3, 0.4) is 0 Å². The summed E-state index contributed by atoms with van der Waals surface area (Å²) in [6.07, 6.45) is 3.35. The molecule has 6 heteroatoms. The zero-order valence-corrected chi connectivity index (χ0v) is 17.8. The van der Waals surface area contributed by atoms with Gasteiger partial charge < -0.3 is 9.26 Å². The van der Waals surface area contributed by atoms with Crippen molar-refractivity contribution in [3.05, 3.63) is 112 Å². The van der Waals surface area contributed by atoms with Gasteiger partial charge in [0.05, 0.1) is 0 Å².